The molecule has 0 bridgehead atoms. The van der Waals surface area contributed by atoms with Gasteiger partial charge >= 0.3 is 0 Å². The molecule has 0 amide bonds. The summed E-state index contributed by atoms with van der Waals surface area (Å²) in [5.74, 6) is 0.849. The van der Waals surface area contributed by atoms with Crippen LogP contribution in [0, 0.1) is 5.41 Å². The summed E-state index contributed by atoms with van der Waals surface area (Å²) in [5, 5.41) is 0. The lowest BCUT2D eigenvalue weighted by molar-refractivity contribution is 0.0894. The summed E-state index contributed by atoms with van der Waals surface area (Å²) in [6.07, 6.45) is 2.05. The summed E-state index contributed by atoms with van der Waals surface area (Å²) >= 11 is 0. The number of carbonyl (C=O) groups excluding carboxylic acids is 2. The third kappa shape index (κ3) is 6.06. The molecule has 0 spiro atoms. The van der Waals surface area contributed by atoms with Gasteiger partial charge in [-0.05, 0) is 54.0 Å². The van der Waals surface area contributed by atoms with Crippen LogP contribution >= 0.6 is 0 Å². The van der Waals surface area contributed by atoms with Gasteiger partial charge in [-0.2, -0.15) is 0 Å². The Bertz CT molecular complexity index is 765. The number of carbonyl (C=O) groups is 2. The maximum Gasteiger partial charge on any atom is 0.170 e. The normalized spacial score (nSPS) is 12.5. The van der Waals surface area contributed by atoms with Crippen LogP contribution in [0.2, 0.25) is 0 Å². The quantitative estimate of drug-likeness (QED) is 0.420. The highest BCUT2D eigenvalue weighted by Gasteiger charge is 2.20. The fraction of sp³-hybridized carbons (Fsp3) is 0.417. The predicted molar refractivity (Wildman–Crippen MR) is 110 cm³/mol. The summed E-state index contributed by atoms with van der Waals surface area (Å²) in [4.78, 5) is 24.8. The van der Waals surface area contributed by atoms with Crippen LogP contribution in [0.5, 0.6) is 5.75 Å². The molecule has 1 atom stereocenters. The highest BCUT2D eigenvalue weighted by atomic mass is 16.5. The average Bonchev–Trinajstić information content (AvgIpc) is 2.65. The van der Waals surface area contributed by atoms with E-state index in [2.05, 4.69) is 27.7 Å². The standard InChI is InChI=1S/C24H30O3/c1-6-17(16-24(2,3)4)18-7-9-19(10-8-18)22(25)15-23(26)20-11-13-21(27-5)14-12-20/h7-14,17H,6,15-16H2,1-5H3. The van der Waals surface area contributed by atoms with Gasteiger partial charge in [0.2, 0.25) is 0 Å². The second kappa shape index (κ2) is 8.98. The lowest BCUT2D eigenvalue weighted by Gasteiger charge is -2.25. The Morgan fingerprint density at radius 2 is 1.37 bits per heavy atom. The van der Waals surface area contributed by atoms with Crippen LogP contribution < -0.4 is 4.74 Å². The largest absolute Gasteiger partial charge is 0.497 e. The zero-order valence-corrected chi connectivity index (χ0v) is 17.0. The minimum absolute atomic E-state index is 0.120. The molecule has 3 nitrogen and oxygen atoms in total. The molecule has 0 N–H and O–H groups in total. The van der Waals surface area contributed by atoms with Crippen molar-refractivity contribution in [3.05, 3.63) is 65.2 Å². The van der Waals surface area contributed by atoms with Crippen molar-refractivity contribution in [2.45, 2.75) is 52.9 Å². The summed E-state index contributed by atoms with van der Waals surface area (Å²) in [6.45, 7) is 8.94. The molecule has 0 aliphatic rings. The van der Waals surface area contributed by atoms with E-state index in [0.29, 0.717) is 22.8 Å². The Balaban J connectivity index is 2.05. The zero-order valence-electron chi connectivity index (χ0n) is 17.0. The fourth-order valence-corrected chi connectivity index (χ4v) is 3.31. The van der Waals surface area contributed by atoms with E-state index in [1.807, 2.05) is 24.3 Å². The second-order valence-electron chi connectivity index (χ2n) is 8.24. The van der Waals surface area contributed by atoms with Crippen LogP contribution in [0.25, 0.3) is 0 Å². The Morgan fingerprint density at radius 3 is 1.78 bits per heavy atom. The van der Waals surface area contributed by atoms with E-state index in [0.717, 1.165) is 12.8 Å². The van der Waals surface area contributed by atoms with Gasteiger partial charge in [-0.3, -0.25) is 9.59 Å². The predicted octanol–water partition coefficient (Wildman–Crippen LogP) is 6.08. The molecule has 0 radical (unpaired) electrons. The number of hydrogen-bond donors (Lipinski definition) is 0. The minimum Gasteiger partial charge on any atom is -0.497 e. The second-order valence-corrected chi connectivity index (χ2v) is 8.24. The van der Waals surface area contributed by atoms with Crippen LogP contribution in [-0.4, -0.2) is 18.7 Å². The summed E-state index contributed by atoms with van der Waals surface area (Å²) < 4.78 is 5.09. The Morgan fingerprint density at radius 1 is 0.889 bits per heavy atom. The summed E-state index contributed by atoms with van der Waals surface area (Å²) in [6, 6.07) is 14.6. The molecule has 3 heteroatoms. The maximum atomic E-state index is 12.5. The molecule has 2 aromatic carbocycles. The van der Waals surface area contributed by atoms with E-state index in [-0.39, 0.29) is 23.4 Å². The van der Waals surface area contributed by atoms with Gasteiger partial charge in [-0.15, -0.1) is 0 Å². The molecule has 1 unspecified atom stereocenters. The van der Waals surface area contributed by atoms with Gasteiger partial charge in [0, 0.05) is 11.1 Å². The number of ketones is 2. The van der Waals surface area contributed by atoms with Crippen molar-refractivity contribution in [1.29, 1.82) is 0 Å². The highest BCUT2D eigenvalue weighted by Crippen LogP contribution is 2.33. The molecular weight excluding hydrogens is 336 g/mol. The number of Topliss-reactive ketones (excluding diaryl/α,β-unsaturated/α-hetero) is 2. The van der Waals surface area contributed by atoms with Crippen LogP contribution in [0.1, 0.15) is 79.2 Å². The van der Waals surface area contributed by atoms with E-state index in [4.69, 9.17) is 4.74 Å². The van der Waals surface area contributed by atoms with Crippen molar-refractivity contribution in [1.82, 2.24) is 0 Å². The molecule has 0 saturated carbocycles. The van der Waals surface area contributed by atoms with E-state index in [1.54, 1.807) is 31.4 Å². The molecule has 0 aliphatic carbocycles. The van der Waals surface area contributed by atoms with E-state index >= 15 is 0 Å². The maximum absolute atomic E-state index is 12.5. The molecule has 0 aromatic heterocycles. The average molecular weight is 367 g/mol. The SMILES string of the molecule is CCC(CC(C)(C)C)c1ccc(C(=O)CC(=O)c2ccc(OC)cc2)cc1. The van der Waals surface area contributed by atoms with Crippen LogP contribution in [-0.2, 0) is 0 Å². The van der Waals surface area contributed by atoms with Crippen LogP contribution in [0.15, 0.2) is 48.5 Å². The molecular formula is C24H30O3. The first kappa shape index (κ1) is 20.9. The van der Waals surface area contributed by atoms with Crippen molar-refractivity contribution < 1.29 is 14.3 Å². The first-order valence-electron chi connectivity index (χ1n) is 9.54. The molecule has 0 heterocycles. The first-order valence-corrected chi connectivity index (χ1v) is 9.54. The summed E-state index contributed by atoms with van der Waals surface area (Å²) in [7, 11) is 1.58. The smallest absolute Gasteiger partial charge is 0.170 e. The number of ether oxygens (including phenoxy) is 1. The van der Waals surface area contributed by atoms with E-state index in [1.165, 1.54) is 5.56 Å². The Kier molecular flexibility index (Phi) is 6.95. The van der Waals surface area contributed by atoms with Gasteiger partial charge in [0.25, 0.3) is 0 Å². The van der Waals surface area contributed by atoms with Crippen molar-refractivity contribution in [3.8, 4) is 5.75 Å². The third-order valence-electron chi connectivity index (χ3n) is 4.79. The van der Waals surface area contributed by atoms with Crippen molar-refractivity contribution >= 4 is 11.6 Å². The van der Waals surface area contributed by atoms with Crippen molar-refractivity contribution in [2.75, 3.05) is 7.11 Å². The number of hydrogen-bond acceptors (Lipinski definition) is 3. The van der Waals surface area contributed by atoms with E-state index in [9.17, 15) is 9.59 Å². The van der Waals surface area contributed by atoms with E-state index < -0.39 is 0 Å². The van der Waals surface area contributed by atoms with Crippen LogP contribution in [0.4, 0.5) is 0 Å². The minimum atomic E-state index is -0.175. The monoisotopic (exact) mass is 366 g/mol. The zero-order chi connectivity index (χ0) is 20.0. The Labute approximate surface area is 162 Å². The molecule has 2 rings (SSSR count). The molecule has 0 aliphatic heterocycles. The number of benzene rings is 2. The Hall–Kier alpha value is -2.42. The van der Waals surface area contributed by atoms with Gasteiger partial charge in [0.15, 0.2) is 11.6 Å². The molecule has 27 heavy (non-hydrogen) atoms. The lowest BCUT2D eigenvalue weighted by atomic mass is 9.80. The molecule has 0 saturated heterocycles. The topological polar surface area (TPSA) is 43.4 Å². The van der Waals surface area contributed by atoms with Gasteiger partial charge in [-0.25, -0.2) is 0 Å². The lowest BCUT2D eigenvalue weighted by Crippen LogP contribution is -2.12. The third-order valence-corrected chi connectivity index (χ3v) is 4.79. The van der Waals surface area contributed by atoms with Gasteiger partial charge in [-0.1, -0.05) is 52.0 Å². The molecule has 144 valence electrons. The molecule has 2 aromatic rings. The van der Waals surface area contributed by atoms with Crippen LogP contribution in [0.3, 0.4) is 0 Å². The highest BCUT2D eigenvalue weighted by molar-refractivity contribution is 6.13. The van der Waals surface area contributed by atoms with Crippen molar-refractivity contribution in [3.63, 3.8) is 0 Å². The van der Waals surface area contributed by atoms with Gasteiger partial charge in [0.1, 0.15) is 5.75 Å². The number of rotatable bonds is 8. The van der Waals surface area contributed by atoms with Gasteiger partial charge in [0.05, 0.1) is 13.5 Å². The fourth-order valence-electron chi connectivity index (χ4n) is 3.31. The van der Waals surface area contributed by atoms with Gasteiger partial charge < -0.3 is 4.74 Å². The summed E-state index contributed by atoms with van der Waals surface area (Å²) in [5.41, 5.74) is 2.63. The first-order chi connectivity index (χ1) is 12.7. The van der Waals surface area contributed by atoms with Crippen molar-refractivity contribution in [2.24, 2.45) is 5.41 Å². The number of methoxy groups -OCH3 is 1. The molecule has 0 fully saturated rings.